The molecule has 3 aromatic rings. The minimum Gasteiger partial charge on any atom is -0.459 e. The van der Waals surface area contributed by atoms with Gasteiger partial charge in [0.05, 0.1) is 18.4 Å². The van der Waals surface area contributed by atoms with Gasteiger partial charge in [0.1, 0.15) is 0 Å². The van der Waals surface area contributed by atoms with Gasteiger partial charge in [-0.3, -0.25) is 14.6 Å². The van der Waals surface area contributed by atoms with Crippen LogP contribution in [0.3, 0.4) is 0 Å². The smallest absolute Gasteiger partial charge is 0.308 e. The zero-order chi connectivity index (χ0) is 18.2. The van der Waals surface area contributed by atoms with Crippen LogP contribution in [0, 0.1) is 0 Å². The third-order valence-electron chi connectivity index (χ3n) is 3.67. The average molecular weight is 350 g/mol. The van der Waals surface area contributed by atoms with Crippen LogP contribution >= 0.6 is 0 Å². The van der Waals surface area contributed by atoms with E-state index >= 15 is 0 Å². The summed E-state index contributed by atoms with van der Waals surface area (Å²) in [5.74, 6) is -0.592. The summed E-state index contributed by atoms with van der Waals surface area (Å²) in [4.78, 5) is 28.3. The lowest BCUT2D eigenvalue weighted by molar-refractivity contribution is -0.147. The lowest BCUT2D eigenvalue weighted by Crippen LogP contribution is -2.26. The second-order valence-corrected chi connectivity index (χ2v) is 5.52. The summed E-state index contributed by atoms with van der Waals surface area (Å²) in [7, 11) is 0. The minimum absolute atomic E-state index is 0.0443. The fourth-order valence-electron chi connectivity index (χ4n) is 2.42. The average Bonchev–Trinajstić information content (AvgIpc) is 3.22. The predicted molar refractivity (Wildman–Crippen MR) is 94.3 cm³/mol. The first-order chi connectivity index (χ1) is 12.7. The molecule has 0 bridgehead atoms. The normalized spacial score (nSPS) is 11.5. The minimum atomic E-state index is -0.592. The summed E-state index contributed by atoms with van der Waals surface area (Å²) in [6.07, 6.45) is 2.52. The number of amides is 1. The number of carbonyl (C=O) groups is 2. The molecule has 0 aliphatic rings. The summed E-state index contributed by atoms with van der Waals surface area (Å²) in [5, 5.41) is 2.62. The highest BCUT2D eigenvalue weighted by Gasteiger charge is 2.20. The summed E-state index contributed by atoms with van der Waals surface area (Å²) >= 11 is 0. The Labute approximate surface area is 150 Å². The molecule has 3 rings (SSSR count). The lowest BCUT2D eigenvalue weighted by Gasteiger charge is -2.18. The Bertz CT molecular complexity index is 793. The Balaban J connectivity index is 1.60. The maximum absolute atomic E-state index is 12.2. The third kappa shape index (κ3) is 4.57. The molecule has 1 aromatic carbocycles. The molecule has 1 N–H and O–H groups in total. The first kappa shape index (κ1) is 17.4. The van der Waals surface area contributed by atoms with E-state index in [-0.39, 0.29) is 24.6 Å². The molecular weight excluding hydrogens is 332 g/mol. The van der Waals surface area contributed by atoms with Crippen LogP contribution < -0.4 is 5.32 Å². The Morgan fingerprint density at radius 3 is 2.54 bits per heavy atom. The number of furan rings is 1. The summed E-state index contributed by atoms with van der Waals surface area (Å²) in [5.41, 5.74) is 1.48. The molecule has 0 saturated carbocycles. The van der Waals surface area contributed by atoms with Crippen molar-refractivity contribution in [3.63, 3.8) is 0 Å². The van der Waals surface area contributed by atoms with Gasteiger partial charge in [-0.2, -0.15) is 0 Å². The van der Waals surface area contributed by atoms with Gasteiger partial charge in [-0.05, 0) is 29.8 Å². The fourth-order valence-corrected chi connectivity index (χ4v) is 2.42. The number of esters is 1. The van der Waals surface area contributed by atoms with Gasteiger partial charge in [-0.15, -0.1) is 0 Å². The number of rotatable bonds is 7. The molecule has 1 amide bonds. The highest BCUT2D eigenvalue weighted by Crippen LogP contribution is 2.24. The zero-order valence-electron chi connectivity index (χ0n) is 14.0. The van der Waals surface area contributed by atoms with Gasteiger partial charge in [-0.1, -0.05) is 36.4 Å². The second-order valence-electron chi connectivity index (χ2n) is 5.52. The molecule has 26 heavy (non-hydrogen) atoms. The standard InChI is InChI=1S/C20H18N2O4/c23-18(11-13-22-20(24)17-10-6-14-25-17)26-19(15-7-2-1-3-8-15)16-9-4-5-12-21-16/h1-10,12,14,19H,11,13H2,(H,22,24). The number of nitrogens with zero attached hydrogens (tertiary/aromatic N) is 1. The number of ether oxygens (including phenoxy) is 1. The van der Waals surface area contributed by atoms with Crippen LogP contribution in [0.2, 0.25) is 0 Å². The number of benzene rings is 1. The van der Waals surface area contributed by atoms with Crippen molar-refractivity contribution in [3.8, 4) is 0 Å². The number of hydrogen-bond donors (Lipinski definition) is 1. The van der Waals surface area contributed by atoms with Gasteiger partial charge in [0.2, 0.25) is 0 Å². The van der Waals surface area contributed by atoms with Crippen LogP contribution in [0.1, 0.15) is 34.3 Å². The quantitative estimate of drug-likeness (QED) is 0.662. The summed E-state index contributed by atoms with van der Waals surface area (Å²) in [6.45, 7) is 0.155. The van der Waals surface area contributed by atoms with E-state index < -0.39 is 12.1 Å². The first-order valence-electron chi connectivity index (χ1n) is 8.21. The van der Waals surface area contributed by atoms with Crippen molar-refractivity contribution < 1.29 is 18.7 Å². The maximum atomic E-state index is 12.2. The van der Waals surface area contributed by atoms with E-state index in [1.165, 1.54) is 6.26 Å². The topological polar surface area (TPSA) is 81.4 Å². The van der Waals surface area contributed by atoms with Crippen molar-refractivity contribution in [1.82, 2.24) is 10.3 Å². The Kier molecular flexibility index (Phi) is 5.77. The third-order valence-corrected chi connectivity index (χ3v) is 3.67. The Morgan fingerprint density at radius 1 is 1.04 bits per heavy atom. The van der Waals surface area contributed by atoms with Gasteiger partial charge in [0.15, 0.2) is 11.9 Å². The molecule has 0 fully saturated rings. The second kappa shape index (κ2) is 8.62. The highest BCUT2D eigenvalue weighted by atomic mass is 16.5. The van der Waals surface area contributed by atoms with Crippen molar-refractivity contribution >= 4 is 11.9 Å². The van der Waals surface area contributed by atoms with Gasteiger partial charge in [-0.25, -0.2) is 0 Å². The number of carbonyl (C=O) groups excluding carboxylic acids is 2. The van der Waals surface area contributed by atoms with E-state index in [0.717, 1.165) is 5.56 Å². The molecule has 0 radical (unpaired) electrons. The van der Waals surface area contributed by atoms with Crippen LogP contribution in [-0.2, 0) is 9.53 Å². The molecule has 6 nitrogen and oxygen atoms in total. The van der Waals surface area contributed by atoms with E-state index in [1.54, 1.807) is 24.4 Å². The first-order valence-corrected chi connectivity index (χ1v) is 8.21. The van der Waals surface area contributed by atoms with E-state index in [0.29, 0.717) is 5.69 Å². The molecule has 0 aliphatic heterocycles. The summed E-state index contributed by atoms with van der Waals surface area (Å²) in [6, 6.07) is 18.0. The number of pyridine rings is 1. The van der Waals surface area contributed by atoms with Gasteiger partial charge < -0.3 is 14.5 Å². The van der Waals surface area contributed by atoms with Crippen LogP contribution in [0.15, 0.2) is 77.5 Å². The molecule has 1 atom stereocenters. The Morgan fingerprint density at radius 2 is 1.85 bits per heavy atom. The number of hydrogen-bond acceptors (Lipinski definition) is 5. The fraction of sp³-hybridized carbons (Fsp3) is 0.150. The number of nitrogens with one attached hydrogen (secondary N) is 1. The van der Waals surface area contributed by atoms with Crippen LogP contribution in [0.25, 0.3) is 0 Å². The predicted octanol–water partition coefficient (Wildman–Crippen LogP) is 3.13. The molecule has 0 aliphatic carbocycles. The molecule has 132 valence electrons. The molecule has 1 unspecified atom stereocenters. The van der Waals surface area contributed by atoms with Crippen LogP contribution in [0.5, 0.6) is 0 Å². The Hall–Kier alpha value is -3.41. The van der Waals surface area contributed by atoms with E-state index in [1.807, 2.05) is 42.5 Å². The van der Waals surface area contributed by atoms with Gasteiger partial charge >= 0.3 is 5.97 Å². The van der Waals surface area contributed by atoms with Crippen molar-refractivity contribution in [2.75, 3.05) is 6.54 Å². The van der Waals surface area contributed by atoms with Crippen LogP contribution in [-0.4, -0.2) is 23.4 Å². The molecule has 0 spiro atoms. The van der Waals surface area contributed by atoms with Gasteiger partial charge in [0.25, 0.3) is 5.91 Å². The molecule has 6 heteroatoms. The largest absolute Gasteiger partial charge is 0.459 e. The van der Waals surface area contributed by atoms with Crippen molar-refractivity contribution in [3.05, 3.63) is 90.1 Å². The maximum Gasteiger partial charge on any atom is 0.308 e. The monoisotopic (exact) mass is 350 g/mol. The van der Waals surface area contributed by atoms with E-state index in [2.05, 4.69) is 10.3 Å². The highest BCUT2D eigenvalue weighted by molar-refractivity contribution is 5.91. The summed E-state index contributed by atoms with van der Waals surface area (Å²) < 4.78 is 10.6. The van der Waals surface area contributed by atoms with E-state index in [4.69, 9.17) is 9.15 Å². The molecular formula is C20H18N2O4. The van der Waals surface area contributed by atoms with Crippen molar-refractivity contribution in [2.45, 2.75) is 12.5 Å². The lowest BCUT2D eigenvalue weighted by atomic mass is 10.1. The molecule has 2 heterocycles. The zero-order valence-corrected chi connectivity index (χ0v) is 14.0. The van der Waals surface area contributed by atoms with Gasteiger partial charge in [0, 0.05) is 12.7 Å². The van der Waals surface area contributed by atoms with Crippen molar-refractivity contribution in [2.24, 2.45) is 0 Å². The SMILES string of the molecule is O=C(CCNC(=O)c1ccco1)OC(c1ccccc1)c1ccccn1. The van der Waals surface area contributed by atoms with E-state index in [9.17, 15) is 9.59 Å². The van der Waals surface area contributed by atoms with Crippen LogP contribution in [0.4, 0.5) is 0 Å². The molecule has 2 aromatic heterocycles. The molecule has 0 saturated heterocycles. The number of aromatic nitrogens is 1. The van der Waals surface area contributed by atoms with Crippen molar-refractivity contribution in [1.29, 1.82) is 0 Å².